The van der Waals surface area contributed by atoms with Gasteiger partial charge in [0.2, 0.25) is 11.9 Å². The van der Waals surface area contributed by atoms with Crippen LogP contribution < -0.4 is 10.6 Å². The molecule has 0 saturated carbocycles. The number of nitro groups is 1. The minimum atomic E-state index is -1.61. The summed E-state index contributed by atoms with van der Waals surface area (Å²) in [7, 11) is 0. The van der Waals surface area contributed by atoms with Crippen molar-refractivity contribution >= 4 is 34.8 Å². The van der Waals surface area contributed by atoms with Gasteiger partial charge in [0.1, 0.15) is 11.4 Å². The van der Waals surface area contributed by atoms with Gasteiger partial charge in [-0.2, -0.15) is 0 Å². The van der Waals surface area contributed by atoms with Gasteiger partial charge in [-0.3, -0.25) is 20.2 Å². The molecule has 7 nitrogen and oxygen atoms in total. The topological polar surface area (TPSA) is 104 Å². The average molecular weight is 456 g/mol. The summed E-state index contributed by atoms with van der Waals surface area (Å²) in [6.07, 6.45) is 0.0162. The minimum absolute atomic E-state index is 0. The zero-order valence-electron chi connectivity index (χ0n) is 14.9. The molecular formula is C20H20Cl2FN3O4. The lowest BCUT2D eigenvalue weighted by molar-refractivity contribution is -0.527. The third kappa shape index (κ3) is 3.15. The molecule has 4 rings (SSSR count). The van der Waals surface area contributed by atoms with Crippen LogP contribution in [0.1, 0.15) is 30.9 Å². The highest BCUT2D eigenvalue weighted by Gasteiger charge is 2.67. The first-order valence-corrected chi connectivity index (χ1v) is 9.64. The Morgan fingerprint density at radius 3 is 2.67 bits per heavy atom. The monoisotopic (exact) mass is 455 g/mol. The van der Waals surface area contributed by atoms with Crippen LogP contribution in [-0.4, -0.2) is 34.6 Å². The highest BCUT2D eigenvalue weighted by Crippen LogP contribution is 2.53. The SMILES string of the molecule is C.O=C1Nc2cc(Cl)ccc2[C@]12N[C@@H](CCO)[C@@H]([N+](=O)[O-])[C@@H]2c1cccc(Cl)c1F. The van der Waals surface area contributed by atoms with Crippen LogP contribution in [0, 0.1) is 15.9 Å². The van der Waals surface area contributed by atoms with Gasteiger partial charge in [0.05, 0.1) is 17.0 Å². The Kier molecular flexibility index (Phi) is 6.06. The molecule has 2 aliphatic heterocycles. The van der Waals surface area contributed by atoms with Crippen LogP contribution in [0.15, 0.2) is 36.4 Å². The zero-order valence-corrected chi connectivity index (χ0v) is 16.4. The first-order chi connectivity index (χ1) is 13.8. The number of benzene rings is 2. The molecular weight excluding hydrogens is 436 g/mol. The first kappa shape index (κ1) is 22.4. The van der Waals surface area contributed by atoms with Crippen molar-refractivity contribution in [2.45, 2.75) is 37.4 Å². The summed E-state index contributed by atoms with van der Waals surface area (Å²) in [6, 6.07) is 6.68. The molecule has 0 aliphatic carbocycles. The number of halogens is 3. The summed E-state index contributed by atoms with van der Waals surface area (Å²) in [5, 5.41) is 27.4. The van der Waals surface area contributed by atoms with Gasteiger partial charge in [0.15, 0.2) is 0 Å². The largest absolute Gasteiger partial charge is 0.396 e. The van der Waals surface area contributed by atoms with E-state index in [1.807, 2.05) is 0 Å². The number of fused-ring (bicyclic) bond motifs is 2. The Balaban J connectivity index is 0.00000256. The second-order valence-electron chi connectivity index (χ2n) is 7.11. The predicted octanol–water partition coefficient (Wildman–Crippen LogP) is 3.70. The van der Waals surface area contributed by atoms with Crippen LogP contribution in [0.2, 0.25) is 10.0 Å². The highest BCUT2D eigenvalue weighted by molar-refractivity contribution is 6.31. The van der Waals surface area contributed by atoms with E-state index >= 15 is 4.39 Å². The highest BCUT2D eigenvalue weighted by atomic mass is 35.5. The van der Waals surface area contributed by atoms with Gasteiger partial charge in [0.25, 0.3) is 0 Å². The van der Waals surface area contributed by atoms with Gasteiger partial charge in [-0.05, 0) is 24.6 Å². The summed E-state index contributed by atoms with van der Waals surface area (Å²) in [4.78, 5) is 24.7. The van der Waals surface area contributed by atoms with Gasteiger partial charge in [0, 0.05) is 33.4 Å². The molecule has 10 heteroatoms. The van der Waals surface area contributed by atoms with Gasteiger partial charge in [-0.25, -0.2) is 4.39 Å². The predicted molar refractivity (Wildman–Crippen MR) is 112 cm³/mol. The molecule has 1 spiro atoms. The summed E-state index contributed by atoms with van der Waals surface area (Å²) >= 11 is 12.0. The molecule has 1 amide bonds. The van der Waals surface area contributed by atoms with E-state index in [4.69, 9.17) is 23.2 Å². The Morgan fingerprint density at radius 1 is 1.27 bits per heavy atom. The Hall–Kier alpha value is -2.26. The summed E-state index contributed by atoms with van der Waals surface area (Å²) < 4.78 is 15.0. The van der Waals surface area contributed by atoms with Crippen molar-refractivity contribution in [3.05, 3.63) is 73.5 Å². The van der Waals surface area contributed by atoms with Crippen LogP contribution >= 0.6 is 23.2 Å². The fourth-order valence-corrected chi connectivity index (χ4v) is 4.90. The van der Waals surface area contributed by atoms with E-state index in [2.05, 4.69) is 10.6 Å². The lowest BCUT2D eigenvalue weighted by atomic mass is 9.74. The van der Waals surface area contributed by atoms with Crippen LogP contribution in [-0.2, 0) is 10.3 Å². The van der Waals surface area contributed by atoms with Crippen molar-refractivity contribution in [3.63, 3.8) is 0 Å². The first-order valence-electron chi connectivity index (χ1n) is 8.88. The van der Waals surface area contributed by atoms with E-state index in [1.54, 1.807) is 12.1 Å². The summed E-state index contributed by atoms with van der Waals surface area (Å²) in [5.41, 5.74) is -0.814. The Labute approximate surface area is 182 Å². The molecule has 0 bridgehead atoms. The van der Waals surface area contributed by atoms with E-state index in [0.29, 0.717) is 16.3 Å². The molecule has 160 valence electrons. The van der Waals surface area contributed by atoms with Crippen molar-refractivity contribution < 1.29 is 19.2 Å². The van der Waals surface area contributed by atoms with E-state index < -0.39 is 40.2 Å². The molecule has 30 heavy (non-hydrogen) atoms. The molecule has 2 aromatic rings. The van der Waals surface area contributed by atoms with Crippen LogP contribution in [0.4, 0.5) is 10.1 Å². The number of nitrogens with zero attached hydrogens (tertiary/aromatic N) is 1. The van der Waals surface area contributed by atoms with Crippen molar-refractivity contribution in [2.24, 2.45) is 0 Å². The number of rotatable bonds is 4. The third-order valence-electron chi connectivity index (χ3n) is 5.65. The number of hydrogen-bond donors (Lipinski definition) is 3. The molecule has 1 fully saturated rings. The van der Waals surface area contributed by atoms with E-state index in [9.17, 15) is 20.0 Å². The second-order valence-corrected chi connectivity index (χ2v) is 7.96. The number of hydrogen-bond acceptors (Lipinski definition) is 5. The van der Waals surface area contributed by atoms with Gasteiger partial charge in [-0.1, -0.05) is 48.8 Å². The molecule has 4 atom stereocenters. The normalized spacial score (nSPS) is 26.9. The molecule has 2 aromatic carbocycles. The molecule has 3 N–H and O–H groups in total. The molecule has 0 aromatic heterocycles. The molecule has 0 radical (unpaired) electrons. The van der Waals surface area contributed by atoms with Crippen LogP contribution in [0.3, 0.4) is 0 Å². The van der Waals surface area contributed by atoms with Crippen molar-refractivity contribution in [3.8, 4) is 0 Å². The molecule has 2 heterocycles. The third-order valence-corrected chi connectivity index (χ3v) is 6.17. The van der Waals surface area contributed by atoms with Crippen molar-refractivity contribution in [1.82, 2.24) is 5.32 Å². The standard InChI is InChI=1S/C19H16Cl2FN3O4.CH4/c20-9-4-5-11-14(8-9)23-18(27)19(11)15(10-2-1-3-12(21)16(10)22)17(25(28)29)13(24-19)6-7-26;/h1-5,8,13,15,17,24,26H,6-7H2,(H,23,27);1H4/t13-,15-,17+,19+;/m0./s1. The number of anilines is 1. The van der Waals surface area contributed by atoms with Gasteiger partial charge in [-0.15, -0.1) is 0 Å². The fraction of sp³-hybridized carbons (Fsp3) is 0.350. The maximum atomic E-state index is 15.0. The smallest absolute Gasteiger partial charge is 0.250 e. The summed E-state index contributed by atoms with van der Waals surface area (Å²) in [6.45, 7) is -0.335. The Bertz CT molecular complexity index is 1020. The van der Waals surface area contributed by atoms with E-state index in [-0.39, 0.29) is 31.0 Å². The van der Waals surface area contributed by atoms with Crippen LogP contribution in [0.25, 0.3) is 0 Å². The zero-order chi connectivity index (χ0) is 20.9. The van der Waals surface area contributed by atoms with Gasteiger partial charge < -0.3 is 10.4 Å². The van der Waals surface area contributed by atoms with E-state index in [1.165, 1.54) is 24.3 Å². The lowest BCUT2D eigenvalue weighted by Crippen LogP contribution is -2.49. The fourth-order valence-electron chi connectivity index (χ4n) is 4.54. The lowest BCUT2D eigenvalue weighted by Gasteiger charge is -2.30. The van der Waals surface area contributed by atoms with Crippen molar-refractivity contribution in [1.29, 1.82) is 0 Å². The number of carbonyl (C=O) groups is 1. The molecule has 1 saturated heterocycles. The maximum absolute atomic E-state index is 15.0. The Morgan fingerprint density at radius 2 is 2.00 bits per heavy atom. The quantitative estimate of drug-likeness (QED) is 0.481. The van der Waals surface area contributed by atoms with E-state index in [0.717, 1.165) is 0 Å². The number of aliphatic hydroxyl groups excluding tert-OH is 1. The second kappa shape index (κ2) is 8.11. The summed E-state index contributed by atoms with van der Waals surface area (Å²) in [5.74, 6) is -2.56. The average Bonchev–Trinajstić information content (AvgIpc) is 3.13. The van der Waals surface area contributed by atoms with Crippen LogP contribution in [0.5, 0.6) is 0 Å². The number of amides is 1. The number of aliphatic hydroxyl groups is 1. The molecule has 0 unspecified atom stereocenters. The maximum Gasteiger partial charge on any atom is 0.250 e. The van der Waals surface area contributed by atoms with Crippen molar-refractivity contribution in [2.75, 3.05) is 11.9 Å². The van der Waals surface area contributed by atoms with Gasteiger partial charge >= 0.3 is 0 Å². The molecule has 2 aliphatic rings. The minimum Gasteiger partial charge on any atom is -0.396 e. The number of nitrogens with one attached hydrogen (secondary N) is 2. The number of carbonyl (C=O) groups excluding carboxylic acids is 1.